The Morgan fingerprint density at radius 3 is 2.62 bits per heavy atom. The van der Waals surface area contributed by atoms with Gasteiger partial charge in [-0.15, -0.1) is 0 Å². The molecule has 1 radical (unpaired) electrons. The average molecular weight is 242 g/mol. The Morgan fingerprint density at radius 2 is 2.00 bits per heavy atom. The fraction of sp³-hybridized carbons (Fsp3) is 0.417. The zero-order valence-corrected chi connectivity index (χ0v) is 10.1. The molecule has 0 aromatic heterocycles. The number of halogens is 1. The minimum atomic E-state index is -0.368. The van der Waals surface area contributed by atoms with Crippen molar-refractivity contribution in [3.63, 3.8) is 0 Å². The van der Waals surface area contributed by atoms with Crippen LogP contribution in [-0.2, 0) is 9.47 Å². The predicted molar refractivity (Wildman–Crippen MR) is 61.3 cm³/mol. The number of hydrogen-bond donors (Lipinski definition) is 0. The lowest BCUT2D eigenvalue weighted by Crippen LogP contribution is -2.04. The normalized spacial score (nSPS) is 17.0. The summed E-state index contributed by atoms with van der Waals surface area (Å²) in [6.07, 6.45) is 0.495. The maximum atomic E-state index is 5.96. The first kappa shape index (κ1) is 11.7. The van der Waals surface area contributed by atoms with Gasteiger partial charge in [-0.1, -0.05) is 11.6 Å². The molecule has 0 aliphatic carbocycles. The van der Waals surface area contributed by atoms with Gasteiger partial charge in [0, 0.05) is 5.02 Å². The molecule has 0 saturated carbocycles. The fourth-order valence-corrected chi connectivity index (χ4v) is 1.73. The largest absolute Gasteiger partial charge is 0.483 e. The van der Waals surface area contributed by atoms with Crippen molar-refractivity contribution in [2.45, 2.75) is 20.1 Å². The van der Waals surface area contributed by atoms with Gasteiger partial charge >= 0.3 is 0 Å². The smallest absolute Gasteiger partial charge is 0.187 e. The van der Waals surface area contributed by atoms with Crippen molar-refractivity contribution >= 4 is 11.6 Å². The van der Waals surface area contributed by atoms with Gasteiger partial charge in [0.05, 0.1) is 18.8 Å². The third kappa shape index (κ3) is 2.67. The highest BCUT2D eigenvalue weighted by Gasteiger charge is 2.23. The second-order valence-corrected chi connectivity index (χ2v) is 4.20. The van der Waals surface area contributed by atoms with Gasteiger partial charge in [0.2, 0.25) is 0 Å². The van der Waals surface area contributed by atoms with Crippen molar-refractivity contribution in [1.82, 2.24) is 0 Å². The van der Waals surface area contributed by atoms with E-state index in [-0.39, 0.29) is 6.29 Å². The van der Waals surface area contributed by atoms with Crippen LogP contribution in [0.2, 0.25) is 5.02 Å². The first-order chi connectivity index (χ1) is 7.66. The van der Waals surface area contributed by atoms with Gasteiger partial charge in [0.1, 0.15) is 11.9 Å². The number of rotatable bonds is 3. The van der Waals surface area contributed by atoms with Gasteiger partial charge in [-0.05, 0) is 32.0 Å². The summed E-state index contributed by atoms with van der Waals surface area (Å²) >= 11 is 5.96. The van der Waals surface area contributed by atoms with Crippen LogP contribution in [0.5, 0.6) is 5.75 Å². The molecule has 0 spiro atoms. The molecule has 0 atom stereocenters. The van der Waals surface area contributed by atoms with Crippen molar-refractivity contribution in [2.75, 3.05) is 13.2 Å². The minimum Gasteiger partial charge on any atom is -0.483 e. The summed E-state index contributed by atoms with van der Waals surface area (Å²) in [4.78, 5) is 0. The molecule has 3 nitrogen and oxygen atoms in total. The van der Waals surface area contributed by atoms with E-state index >= 15 is 0 Å². The lowest BCUT2D eigenvalue weighted by molar-refractivity contribution is -0.0456. The topological polar surface area (TPSA) is 27.7 Å². The predicted octanol–water partition coefficient (Wildman–Crippen LogP) is 3.34. The molecule has 16 heavy (non-hydrogen) atoms. The van der Waals surface area contributed by atoms with Crippen LogP contribution in [0.15, 0.2) is 18.2 Å². The van der Waals surface area contributed by atoms with E-state index in [4.69, 9.17) is 25.8 Å². The van der Waals surface area contributed by atoms with Crippen LogP contribution in [0.25, 0.3) is 0 Å². The number of benzene rings is 1. The van der Waals surface area contributed by atoms with E-state index in [0.29, 0.717) is 18.2 Å². The van der Waals surface area contributed by atoms with E-state index in [2.05, 4.69) is 0 Å². The molecular weight excluding hydrogens is 228 g/mol. The third-order valence-electron chi connectivity index (χ3n) is 2.16. The Kier molecular flexibility index (Phi) is 3.69. The highest BCUT2D eigenvalue weighted by molar-refractivity contribution is 6.30. The Bertz CT molecular complexity index is 359. The van der Waals surface area contributed by atoms with Gasteiger partial charge in [-0.2, -0.15) is 0 Å². The standard InChI is InChI=1S/C12H14ClO3/c1-8(2)16-11-4-3-9(13)7-10(11)12-14-5-6-15-12/h3-4,7,12H,5-6H2,1-2H3. The molecule has 2 rings (SSSR count). The molecule has 0 N–H and O–H groups in total. The summed E-state index contributed by atoms with van der Waals surface area (Å²) in [7, 11) is 0. The van der Waals surface area contributed by atoms with Crippen LogP contribution in [-0.4, -0.2) is 13.2 Å². The molecule has 1 heterocycles. The Balaban J connectivity index is 2.28. The molecule has 1 aliphatic heterocycles. The molecule has 1 fully saturated rings. The maximum Gasteiger partial charge on any atom is 0.187 e. The van der Waals surface area contributed by atoms with Crippen LogP contribution in [0, 0.1) is 6.10 Å². The van der Waals surface area contributed by atoms with Crippen molar-refractivity contribution in [3.05, 3.63) is 34.9 Å². The lowest BCUT2D eigenvalue weighted by atomic mass is 10.2. The Morgan fingerprint density at radius 1 is 1.31 bits per heavy atom. The molecule has 1 saturated heterocycles. The zero-order chi connectivity index (χ0) is 11.5. The first-order valence-electron chi connectivity index (χ1n) is 5.17. The second kappa shape index (κ2) is 5.04. The number of hydrogen-bond acceptors (Lipinski definition) is 3. The van der Waals surface area contributed by atoms with Crippen LogP contribution in [0.3, 0.4) is 0 Å². The molecule has 1 aliphatic rings. The van der Waals surface area contributed by atoms with Crippen molar-refractivity contribution in [1.29, 1.82) is 0 Å². The summed E-state index contributed by atoms with van der Waals surface area (Å²) < 4.78 is 16.5. The van der Waals surface area contributed by atoms with E-state index in [1.165, 1.54) is 0 Å². The van der Waals surface area contributed by atoms with E-state index in [9.17, 15) is 0 Å². The van der Waals surface area contributed by atoms with E-state index in [1.54, 1.807) is 6.07 Å². The average Bonchev–Trinajstić information content (AvgIpc) is 2.73. The fourth-order valence-electron chi connectivity index (χ4n) is 1.55. The summed E-state index contributed by atoms with van der Waals surface area (Å²) in [5, 5.41) is 0.648. The quantitative estimate of drug-likeness (QED) is 0.812. The molecule has 4 heteroatoms. The van der Waals surface area contributed by atoms with Crippen LogP contribution in [0.4, 0.5) is 0 Å². The summed E-state index contributed by atoms with van der Waals surface area (Å²) in [5.41, 5.74) is 0.839. The van der Waals surface area contributed by atoms with Crippen LogP contribution in [0.1, 0.15) is 25.7 Å². The van der Waals surface area contributed by atoms with Crippen LogP contribution >= 0.6 is 11.6 Å². The second-order valence-electron chi connectivity index (χ2n) is 3.77. The van der Waals surface area contributed by atoms with Crippen LogP contribution < -0.4 is 4.74 Å². The third-order valence-corrected chi connectivity index (χ3v) is 2.40. The number of ether oxygens (including phenoxy) is 3. The molecule has 87 valence electrons. The van der Waals surface area contributed by atoms with Gasteiger partial charge in [0.15, 0.2) is 6.29 Å². The lowest BCUT2D eigenvalue weighted by Gasteiger charge is -2.17. The van der Waals surface area contributed by atoms with Gasteiger partial charge < -0.3 is 14.2 Å². The molecular formula is C12H14ClO3. The molecule has 1 aromatic carbocycles. The molecule has 0 bridgehead atoms. The van der Waals surface area contributed by atoms with Gasteiger partial charge in [-0.25, -0.2) is 0 Å². The van der Waals surface area contributed by atoms with E-state index in [1.807, 2.05) is 26.0 Å². The summed E-state index contributed by atoms with van der Waals surface area (Å²) in [6, 6.07) is 5.43. The summed E-state index contributed by atoms with van der Waals surface area (Å²) in [5.74, 6) is 0.733. The summed E-state index contributed by atoms with van der Waals surface area (Å²) in [6.45, 7) is 5.00. The van der Waals surface area contributed by atoms with E-state index in [0.717, 1.165) is 17.4 Å². The monoisotopic (exact) mass is 241 g/mol. The Hall–Kier alpha value is -0.770. The van der Waals surface area contributed by atoms with Crippen molar-refractivity contribution < 1.29 is 14.2 Å². The van der Waals surface area contributed by atoms with Crippen molar-refractivity contribution in [2.24, 2.45) is 0 Å². The highest BCUT2D eigenvalue weighted by atomic mass is 35.5. The molecule has 0 amide bonds. The Labute approximate surface area is 100 Å². The van der Waals surface area contributed by atoms with E-state index < -0.39 is 0 Å². The van der Waals surface area contributed by atoms with Gasteiger partial charge in [0.25, 0.3) is 0 Å². The SMILES string of the molecule is C[C](C)Oc1ccc(Cl)cc1C1OCCO1. The maximum absolute atomic E-state index is 5.96. The van der Waals surface area contributed by atoms with Gasteiger partial charge in [-0.3, -0.25) is 0 Å². The minimum absolute atomic E-state index is 0.368. The van der Waals surface area contributed by atoms with Crippen molar-refractivity contribution in [3.8, 4) is 5.75 Å². The first-order valence-corrected chi connectivity index (χ1v) is 5.55. The zero-order valence-electron chi connectivity index (χ0n) is 9.33. The highest BCUT2D eigenvalue weighted by Crippen LogP contribution is 2.34. The molecule has 1 aromatic rings. The molecule has 0 unspecified atom stereocenters.